The van der Waals surface area contributed by atoms with Crippen LogP contribution in [-0.4, -0.2) is 46.0 Å². The van der Waals surface area contributed by atoms with Crippen molar-refractivity contribution in [2.24, 2.45) is 4.99 Å². The van der Waals surface area contributed by atoms with Gasteiger partial charge in [-0.3, -0.25) is 4.99 Å². The second-order valence-corrected chi connectivity index (χ2v) is 9.05. The van der Waals surface area contributed by atoms with Crippen LogP contribution in [0.5, 0.6) is 0 Å². The summed E-state index contributed by atoms with van der Waals surface area (Å²) in [6.07, 6.45) is 1.80. The molecule has 27 heavy (non-hydrogen) atoms. The van der Waals surface area contributed by atoms with Crippen molar-refractivity contribution < 1.29 is 8.42 Å². The van der Waals surface area contributed by atoms with Crippen molar-refractivity contribution in [2.75, 3.05) is 25.6 Å². The van der Waals surface area contributed by atoms with E-state index in [1.807, 2.05) is 43.3 Å². The summed E-state index contributed by atoms with van der Waals surface area (Å²) in [6, 6.07) is 20.8. The summed E-state index contributed by atoms with van der Waals surface area (Å²) in [5.74, 6) is 1.03. The number of aliphatic imine (C=N–C) groups is 1. The molecule has 0 aliphatic carbocycles. The molecule has 2 aromatic carbocycles. The van der Waals surface area contributed by atoms with Crippen molar-refractivity contribution in [1.82, 2.24) is 10.6 Å². The van der Waals surface area contributed by atoms with E-state index in [9.17, 15) is 8.42 Å². The molecule has 2 rings (SSSR count). The van der Waals surface area contributed by atoms with Crippen LogP contribution >= 0.6 is 0 Å². The molecule has 5 nitrogen and oxygen atoms in total. The van der Waals surface area contributed by atoms with Crippen LogP contribution in [0.3, 0.4) is 0 Å². The monoisotopic (exact) mass is 387 g/mol. The molecule has 1 unspecified atom stereocenters. The van der Waals surface area contributed by atoms with Gasteiger partial charge in [0.15, 0.2) is 5.96 Å². The zero-order valence-corrected chi connectivity index (χ0v) is 17.0. The van der Waals surface area contributed by atoms with Gasteiger partial charge in [-0.2, -0.15) is 0 Å². The molecule has 0 heterocycles. The van der Waals surface area contributed by atoms with Crippen molar-refractivity contribution in [3.05, 3.63) is 71.8 Å². The highest BCUT2D eigenvalue weighted by Crippen LogP contribution is 2.23. The van der Waals surface area contributed by atoms with E-state index < -0.39 is 9.84 Å². The Morgan fingerprint density at radius 3 is 1.96 bits per heavy atom. The molecule has 2 aromatic rings. The smallest absolute Gasteiger partial charge is 0.191 e. The largest absolute Gasteiger partial charge is 0.355 e. The highest BCUT2D eigenvalue weighted by Gasteiger charge is 2.15. The maximum atomic E-state index is 11.3. The van der Waals surface area contributed by atoms with Crippen LogP contribution in [-0.2, 0) is 9.84 Å². The molecule has 0 fully saturated rings. The topological polar surface area (TPSA) is 70.6 Å². The molecular weight excluding hydrogens is 358 g/mol. The van der Waals surface area contributed by atoms with E-state index in [0.29, 0.717) is 18.9 Å². The zero-order chi connectivity index (χ0) is 19.7. The first kappa shape index (κ1) is 21.0. The molecule has 146 valence electrons. The highest BCUT2D eigenvalue weighted by molar-refractivity contribution is 7.90. The first-order valence-electron chi connectivity index (χ1n) is 9.14. The number of hydrogen-bond acceptors (Lipinski definition) is 3. The summed E-state index contributed by atoms with van der Waals surface area (Å²) in [5.41, 5.74) is 2.47. The fourth-order valence-corrected chi connectivity index (χ4v) is 3.67. The average Bonchev–Trinajstić information content (AvgIpc) is 2.67. The molecule has 0 radical (unpaired) electrons. The van der Waals surface area contributed by atoms with Crippen LogP contribution in [0.2, 0.25) is 0 Å². The molecule has 0 aromatic heterocycles. The first-order chi connectivity index (χ1) is 12.9. The fraction of sp³-hybridized carbons (Fsp3) is 0.381. The Morgan fingerprint density at radius 2 is 1.52 bits per heavy atom. The third-order valence-electron chi connectivity index (χ3n) is 4.41. The molecule has 0 aliphatic heterocycles. The van der Waals surface area contributed by atoms with Gasteiger partial charge in [-0.05, 0) is 24.5 Å². The van der Waals surface area contributed by atoms with Crippen LogP contribution in [0.4, 0.5) is 0 Å². The summed E-state index contributed by atoms with van der Waals surface area (Å²) >= 11 is 0. The van der Waals surface area contributed by atoms with Crippen LogP contribution in [0.15, 0.2) is 65.7 Å². The van der Waals surface area contributed by atoms with Gasteiger partial charge in [-0.1, -0.05) is 60.7 Å². The lowest BCUT2D eigenvalue weighted by molar-refractivity contribution is 0.580. The number of nitrogens with one attached hydrogen (secondary N) is 2. The van der Waals surface area contributed by atoms with Crippen molar-refractivity contribution in [3.63, 3.8) is 0 Å². The number of rotatable bonds is 8. The van der Waals surface area contributed by atoms with Gasteiger partial charge in [0.2, 0.25) is 0 Å². The van der Waals surface area contributed by atoms with Gasteiger partial charge in [0.1, 0.15) is 9.84 Å². The molecule has 0 bridgehead atoms. The molecule has 0 saturated carbocycles. The minimum atomic E-state index is -2.96. The molecule has 6 heteroatoms. The van der Waals surface area contributed by atoms with E-state index in [1.165, 1.54) is 17.4 Å². The maximum absolute atomic E-state index is 11.3. The van der Waals surface area contributed by atoms with E-state index in [2.05, 4.69) is 39.9 Å². The van der Waals surface area contributed by atoms with E-state index >= 15 is 0 Å². The lowest BCUT2D eigenvalue weighted by atomic mass is 9.91. The standard InChI is InChI=1S/C21H29N3O2S/c1-17(14-15-27(3,25)26)24-21(22-2)23-16-20(18-10-6-4-7-11-18)19-12-8-5-9-13-19/h4-13,17,20H,14-16H2,1-3H3,(H2,22,23,24). The number of sulfone groups is 1. The molecule has 2 N–H and O–H groups in total. The van der Waals surface area contributed by atoms with Gasteiger partial charge in [-0.25, -0.2) is 8.42 Å². The highest BCUT2D eigenvalue weighted by atomic mass is 32.2. The Hall–Kier alpha value is -2.34. The van der Waals surface area contributed by atoms with Crippen molar-refractivity contribution in [2.45, 2.75) is 25.3 Å². The molecule has 0 saturated heterocycles. The second-order valence-electron chi connectivity index (χ2n) is 6.79. The number of benzene rings is 2. The number of guanidine groups is 1. The minimum Gasteiger partial charge on any atom is -0.355 e. The first-order valence-corrected chi connectivity index (χ1v) is 11.2. The van der Waals surface area contributed by atoms with Crippen molar-refractivity contribution >= 4 is 15.8 Å². The van der Waals surface area contributed by atoms with Crippen LogP contribution in [0.25, 0.3) is 0 Å². The lowest BCUT2D eigenvalue weighted by Crippen LogP contribution is -2.44. The Kier molecular flexibility index (Phi) is 7.85. The Bertz CT molecular complexity index is 782. The normalized spacial score (nSPS) is 13.4. The van der Waals surface area contributed by atoms with Crippen molar-refractivity contribution in [1.29, 1.82) is 0 Å². The summed E-state index contributed by atoms with van der Waals surface area (Å²) in [4.78, 5) is 4.28. The van der Waals surface area contributed by atoms with Crippen LogP contribution < -0.4 is 10.6 Å². The van der Waals surface area contributed by atoms with Crippen LogP contribution in [0.1, 0.15) is 30.4 Å². The zero-order valence-electron chi connectivity index (χ0n) is 16.2. The quantitative estimate of drug-likeness (QED) is 0.540. The number of nitrogens with zero attached hydrogens (tertiary/aromatic N) is 1. The van der Waals surface area contributed by atoms with E-state index in [0.717, 1.165) is 0 Å². The predicted molar refractivity (Wildman–Crippen MR) is 113 cm³/mol. The van der Waals surface area contributed by atoms with E-state index in [4.69, 9.17) is 0 Å². The SMILES string of the molecule is CN=C(NCC(c1ccccc1)c1ccccc1)NC(C)CCS(C)(=O)=O. The number of hydrogen-bond donors (Lipinski definition) is 2. The Balaban J connectivity index is 2.03. The Labute approximate surface area is 162 Å². The van der Waals surface area contributed by atoms with E-state index in [-0.39, 0.29) is 17.7 Å². The lowest BCUT2D eigenvalue weighted by Gasteiger charge is -2.22. The Morgan fingerprint density at radius 1 is 1.00 bits per heavy atom. The summed E-state index contributed by atoms with van der Waals surface area (Å²) in [7, 11) is -1.24. The maximum Gasteiger partial charge on any atom is 0.191 e. The summed E-state index contributed by atoms with van der Waals surface area (Å²) < 4.78 is 22.7. The third-order valence-corrected chi connectivity index (χ3v) is 5.38. The second kappa shape index (κ2) is 10.1. The predicted octanol–water partition coefficient (Wildman–Crippen LogP) is 2.81. The minimum absolute atomic E-state index is 0.0119. The van der Waals surface area contributed by atoms with Gasteiger partial charge in [-0.15, -0.1) is 0 Å². The molecular formula is C21H29N3O2S. The molecule has 0 spiro atoms. The molecule has 1 atom stereocenters. The molecule has 0 amide bonds. The van der Waals surface area contributed by atoms with E-state index in [1.54, 1.807) is 7.05 Å². The van der Waals surface area contributed by atoms with Gasteiger partial charge < -0.3 is 10.6 Å². The van der Waals surface area contributed by atoms with Gasteiger partial charge in [0.05, 0.1) is 5.75 Å². The van der Waals surface area contributed by atoms with Gasteiger partial charge in [0.25, 0.3) is 0 Å². The average molecular weight is 388 g/mol. The third kappa shape index (κ3) is 7.43. The van der Waals surface area contributed by atoms with Gasteiger partial charge >= 0.3 is 0 Å². The van der Waals surface area contributed by atoms with Crippen molar-refractivity contribution in [3.8, 4) is 0 Å². The summed E-state index contributed by atoms with van der Waals surface area (Å²) in [6.45, 7) is 2.65. The fourth-order valence-electron chi connectivity index (χ4n) is 2.89. The molecule has 0 aliphatic rings. The summed E-state index contributed by atoms with van der Waals surface area (Å²) in [5, 5.41) is 6.66. The van der Waals surface area contributed by atoms with Gasteiger partial charge in [0, 0.05) is 31.8 Å². The van der Waals surface area contributed by atoms with Crippen LogP contribution in [0, 0.1) is 0 Å².